The lowest BCUT2D eigenvalue weighted by Gasteiger charge is -2.22. The lowest BCUT2D eigenvalue weighted by molar-refractivity contribution is -0.141. The van der Waals surface area contributed by atoms with E-state index in [9.17, 15) is 18.0 Å². The maximum atomic E-state index is 14.0. The van der Waals surface area contributed by atoms with Crippen LogP contribution in [0, 0.1) is 0 Å². The largest absolute Gasteiger partial charge is 0.469 e. The third-order valence-electron chi connectivity index (χ3n) is 5.84. The van der Waals surface area contributed by atoms with Crippen LogP contribution < -0.4 is 10.1 Å². The second kappa shape index (κ2) is 11.4. The van der Waals surface area contributed by atoms with Gasteiger partial charge >= 0.3 is 12.1 Å². The SMILES string of the molecule is COC(=O)CCc1cccc(-c2sc(Nc3cccnc3Oc3ccccc3C(C)(C)C)nc2C(F)(F)F)c1. The van der Waals surface area contributed by atoms with Crippen molar-refractivity contribution in [3.05, 3.63) is 83.7 Å². The number of rotatable bonds is 8. The summed E-state index contributed by atoms with van der Waals surface area (Å²) in [6, 6.07) is 17.5. The van der Waals surface area contributed by atoms with E-state index in [4.69, 9.17) is 4.74 Å². The summed E-state index contributed by atoms with van der Waals surface area (Å²) in [5, 5.41) is 3.02. The monoisotopic (exact) mass is 555 g/mol. The third-order valence-corrected chi connectivity index (χ3v) is 6.86. The predicted molar refractivity (Wildman–Crippen MR) is 146 cm³/mol. The van der Waals surface area contributed by atoms with Gasteiger partial charge in [0.1, 0.15) is 11.4 Å². The fourth-order valence-corrected chi connectivity index (χ4v) is 4.93. The Morgan fingerprint density at radius 2 is 1.79 bits per heavy atom. The van der Waals surface area contributed by atoms with Crippen LogP contribution in [0.25, 0.3) is 10.4 Å². The maximum absolute atomic E-state index is 14.0. The number of benzene rings is 2. The second-order valence-corrected chi connectivity index (χ2v) is 10.8. The molecule has 10 heteroatoms. The summed E-state index contributed by atoms with van der Waals surface area (Å²) in [4.78, 5) is 19.7. The number of hydrogen-bond donors (Lipinski definition) is 1. The first kappa shape index (κ1) is 28.1. The van der Waals surface area contributed by atoms with Crippen LogP contribution in [0.3, 0.4) is 0 Å². The Bertz CT molecular complexity index is 1460. The van der Waals surface area contributed by atoms with Crippen LogP contribution in [-0.4, -0.2) is 23.0 Å². The van der Waals surface area contributed by atoms with E-state index in [1.165, 1.54) is 7.11 Å². The van der Waals surface area contributed by atoms with Gasteiger partial charge in [0.25, 0.3) is 0 Å². The highest BCUT2D eigenvalue weighted by atomic mass is 32.1. The Morgan fingerprint density at radius 3 is 2.51 bits per heavy atom. The Labute approximate surface area is 228 Å². The van der Waals surface area contributed by atoms with Gasteiger partial charge in [-0.15, -0.1) is 0 Å². The molecular formula is C29H28F3N3O3S. The van der Waals surface area contributed by atoms with E-state index < -0.39 is 11.9 Å². The summed E-state index contributed by atoms with van der Waals surface area (Å²) in [5.74, 6) is 0.427. The molecule has 0 spiro atoms. The molecule has 2 heterocycles. The molecule has 0 radical (unpaired) electrons. The minimum absolute atomic E-state index is 0.0330. The number of nitrogens with zero attached hydrogens (tertiary/aromatic N) is 2. The second-order valence-electron chi connectivity index (χ2n) is 9.80. The van der Waals surface area contributed by atoms with Crippen molar-refractivity contribution in [1.82, 2.24) is 9.97 Å². The first-order chi connectivity index (χ1) is 18.5. The molecule has 0 saturated heterocycles. The van der Waals surface area contributed by atoms with Gasteiger partial charge in [-0.05, 0) is 41.2 Å². The number of esters is 1. The van der Waals surface area contributed by atoms with Crippen LogP contribution in [0.1, 0.15) is 44.0 Å². The number of aromatic nitrogens is 2. The molecule has 0 unspecified atom stereocenters. The van der Waals surface area contributed by atoms with Crippen molar-refractivity contribution < 1.29 is 27.4 Å². The zero-order chi connectivity index (χ0) is 28.2. The van der Waals surface area contributed by atoms with Crippen molar-refractivity contribution in [2.24, 2.45) is 0 Å². The molecule has 0 aliphatic heterocycles. The van der Waals surface area contributed by atoms with Crippen molar-refractivity contribution in [2.45, 2.75) is 45.2 Å². The smallest absolute Gasteiger partial charge is 0.434 e. The van der Waals surface area contributed by atoms with E-state index >= 15 is 0 Å². The van der Waals surface area contributed by atoms with Crippen LogP contribution in [-0.2, 0) is 27.5 Å². The third kappa shape index (κ3) is 6.94. The number of carbonyl (C=O) groups is 1. The van der Waals surface area contributed by atoms with E-state index in [2.05, 4.69) is 40.8 Å². The number of pyridine rings is 1. The molecule has 0 aliphatic rings. The predicted octanol–water partition coefficient (Wildman–Crippen LogP) is 8.16. The summed E-state index contributed by atoms with van der Waals surface area (Å²) in [6.45, 7) is 6.19. The lowest BCUT2D eigenvalue weighted by Crippen LogP contribution is -2.12. The maximum Gasteiger partial charge on any atom is 0.434 e. The molecule has 2 aromatic carbocycles. The van der Waals surface area contributed by atoms with Gasteiger partial charge in [0, 0.05) is 18.2 Å². The van der Waals surface area contributed by atoms with Crippen LogP contribution in [0.4, 0.5) is 24.0 Å². The van der Waals surface area contributed by atoms with Crippen molar-refractivity contribution in [2.75, 3.05) is 12.4 Å². The number of halogens is 3. The van der Waals surface area contributed by atoms with Crippen LogP contribution in [0.15, 0.2) is 66.9 Å². The molecule has 0 amide bonds. The first-order valence-corrected chi connectivity index (χ1v) is 13.0. The van der Waals surface area contributed by atoms with E-state index in [0.717, 1.165) is 22.5 Å². The van der Waals surface area contributed by atoms with Gasteiger partial charge in [0.15, 0.2) is 10.8 Å². The Balaban J connectivity index is 1.66. The van der Waals surface area contributed by atoms with E-state index in [0.29, 0.717) is 23.4 Å². The minimum atomic E-state index is -4.67. The fraction of sp³-hybridized carbons (Fsp3) is 0.276. The molecular weight excluding hydrogens is 527 g/mol. The zero-order valence-corrected chi connectivity index (χ0v) is 22.7. The normalized spacial score (nSPS) is 11.8. The lowest BCUT2D eigenvalue weighted by atomic mass is 9.86. The molecule has 0 atom stereocenters. The highest BCUT2D eigenvalue weighted by Gasteiger charge is 2.38. The Hall–Kier alpha value is -3.92. The van der Waals surface area contributed by atoms with Crippen molar-refractivity contribution in [1.29, 1.82) is 0 Å². The summed E-state index contributed by atoms with van der Waals surface area (Å²) < 4.78 is 52.9. The minimum Gasteiger partial charge on any atom is -0.469 e. The molecule has 2 aromatic heterocycles. The van der Waals surface area contributed by atoms with Gasteiger partial charge in [-0.25, -0.2) is 9.97 Å². The molecule has 0 fully saturated rings. The molecule has 0 aliphatic carbocycles. The highest BCUT2D eigenvalue weighted by molar-refractivity contribution is 7.19. The molecule has 0 bridgehead atoms. The van der Waals surface area contributed by atoms with Gasteiger partial charge in [-0.2, -0.15) is 13.2 Å². The van der Waals surface area contributed by atoms with Crippen LogP contribution in [0.2, 0.25) is 0 Å². The summed E-state index contributed by atoms with van der Waals surface area (Å²) in [7, 11) is 1.29. The molecule has 0 saturated carbocycles. The number of anilines is 2. The number of hydrogen-bond acceptors (Lipinski definition) is 7. The Morgan fingerprint density at radius 1 is 1.03 bits per heavy atom. The zero-order valence-electron chi connectivity index (χ0n) is 21.9. The molecule has 6 nitrogen and oxygen atoms in total. The molecule has 4 rings (SSSR count). The molecule has 204 valence electrons. The van der Waals surface area contributed by atoms with E-state index in [1.807, 2.05) is 24.3 Å². The number of para-hydroxylation sites is 1. The topological polar surface area (TPSA) is 73.3 Å². The van der Waals surface area contributed by atoms with Gasteiger partial charge in [0.2, 0.25) is 5.88 Å². The van der Waals surface area contributed by atoms with Gasteiger partial charge in [0.05, 0.1) is 12.0 Å². The number of aryl methyl sites for hydroxylation is 1. The van der Waals surface area contributed by atoms with Crippen molar-refractivity contribution in [3.8, 4) is 22.1 Å². The number of carbonyl (C=O) groups excluding carboxylic acids is 1. The first-order valence-electron chi connectivity index (χ1n) is 12.2. The Kier molecular flexibility index (Phi) is 8.25. The fourth-order valence-electron chi connectivity index (χ4n) is 3.94. The average Bonchev–Trinajstić information content (AvgIpc) is 3.33. The number of ether oxygens (including phenoxy) is 2. The van der Waals surface area contributed by atoms with Crippen molar-refractivity contribution in [3.63, 3.8) is 0 Å². The van der Waals surface area contributed by atoms with Crippen molar-refractivity contribution >= 4 is 28.1 Å². The number of nitrogens with one attached hydrogen (secondary N) is 1. The number of methoxy groups -OCH3 is 1. The van der Waals surface area contributed by atoms with Gasteiger partial charge in [-0.3, -0.25) is 4.79 Å². The summed E-state index contributed by atoms with van der Waals surface area (Å²) in [6.07, 6.45) is -2.65. The quantitative estimate of drug-likeness (QED) is 0.221. The average molecular weight is 556 g/mol. The van der Waals surface area contributed by atoms with Crippen LogP contribution >= 0.6 is 11.3 Å². The van der Waals surface area contributed by atoms with Gasteiger partial charge in [-0.1, -0.05) is 74.6 Å². The highest BCUT2D eigenvalue weighted by Crippen LogP contribution is 2.44. The molecule has 1 N–H and O–H groups in total. The van der Waals surface area contributed by atoms with E-state index in [1.54, 1.807) is 42.6 Å². The molecule has 4 aromatic rings. The van der Waals surface area contributed by atoms with Crippen LogP contribution in [0.5, 0.6) is 11.6 Å². The van der Waals surface area contributed by atoms with E-state index in [-0.39, 0.29) is 33.7 Å². The van der Waals surface area contributed by atoms with Gasteiger partial charge < -0.3 is 14.8 Å². The summed E-state index contributed by atoms with van der Waals surface area (Å²) >= 11 is 0.877. The number of alkyl halides is 3. The summed E-state index contributed by atoms with van der Waals surface area (Å²) in [5.41, 5.74) is 1.22. The number of thiazole rings is 1. The standard InChI is InChI=1S/C29H28F3N3O3S/c1-28(2,3)20-11-5-6-13-22(20)38-26-21(12-8-16-33-26)34-27-35-25(29(30,31)32)24(39-27)19-10-7-9-18(17-19)14-15-23(36)37-4/h5-13,16-17H,14-15H2,1-4H3,(H,34,35). The molecule has 39 heavy (non-hydrogen) atoms.